The second kappa shape index (κ2) is 8.39. The maximum absolute atomic E-state index is 12.3. The van der Waals surface area contributed by atoms with E-state index in [9.17, 15) is 4.79 Å². The van der Waals surface area contributed by atoms with Crippen LogP contribution in [-0.2, 0) is 16.1 Å². The molecule has 0 saturated carbocycles. The van der Waals surface area contributed by atoms with Gasteiger partial charge in [-0.1, -0.05) is 55.9 Å². The van der Waals surface area contributed by atoms with Crippen molar-refractivity contribution in [3.05, 3.63) is 35.9 Å². The molecule has 1 aromatic carbocycles. The van der Waals surface area contributed by atoms with Crippen molar-refractivity contribution in [2.24, 2.45) is 11.8 Å². The van der Waals surface area contributed by atoms with E-state index in [2.05, 4.69) is 24.0 Å². The molecule has 0 aliphatic carbocycles. The molecule has 0 N–H and O–H groups in total. The van der Waals surface area contributed by atoms with E-state index in [0.29, 0.717) is 6.61 Å². The highest BCUT2D eigenvalue weighted by molar-refractivity contribution is 7.80. The fraction of sp³-hybridized carbons (Fsp3) is 0.556. The average molecular weight is 319 g/mol. The number of hydrogen-bond donors (Lipinski definition) is 0. The van der Waals surface area contributed by atoms with Crippen LogP contribution in [0, 0.1) is 11.8 Å². The van der Waals surface area contributed by atoms with Gasteiger partial charge in [0.2, 0.25) is 0 Å². The summed E-state index contributed by atoms with van der Waals surface area (Å²) in [6.07, 6.45) is 1.94. The second-order valence-corrected chi connectivity index (χ2v) is 6.39. The van der Waals surface area contributed by atoms with Crippen LogP contribution in [0.1, 0.15) is 32.3 Å². The lowest BCUT2D eigenvalue weighted by atomic mass is 9.91. The molecule has 2 atom stereocenters. The van der Waals surface area contributed by atoms with Gasteiger partial charge in [-0.25, -0.2) is 0 Å². The first kappa shape index (κ1) is 17.1. The summed E-state index contributed by atoms with van der Waals surface area (Å²) in [4.78, 5) is 15.6. The first-order chi connectivity index (χ1) is 10.7. The molecule has 22 heavy (non-hydrogen) atoms. The van der Waals surface area contributed by atoms with Crippen molar-refractivity contribution in [1.82, 2.24) is 4.90 Å². The molecule has 1 aromatic rings. The van der Waals surface area contributed by atoms with Crippen molar-refractivity contribution in [2.45, 2.75) is 33.2 Å². The fourth-order valence-electron chi connectivity index (χ4n) is 3.10. The minimum atomic E-state index is -0.109. The van der Waals surface area contributed by atoms with Crippen LogP contribution in [0.3, 0.4) is 0 Å². The van der Waals surface area contributed by atoms with Gasteiger partial charge >= 0.3 is 5.97 Å². The first-order valence-corrected chi connectivity index (χ1v) is 8.52. The van der Waals surface area contributed by atoms with Crippen molar-refractivity contribution in [3.8, 4) is 0 Å². The Morgan fingerprint density at radius 1 is 1.23 bits per heavy atom. The Bertz CT molecular complexity index is 477. The van der Waals surface area contributed by atoms with Crippen LogP contribution in [0.2, 0.25) is 0 Å². The van der Waals surface area contributed by atoms with Gasteiger partial charge in [0.05, 0.1) is 12.5 Å². The summed E-state index contributed by atoms with van der Waals surface area (Å²) in [5.41, 5.74) is 1.27. The summed E-state index contributed by atoms with van der Waals surface area (Å²) >= 11 is 5.58. The van der Waals surface area contributed by atoms with E-state index in [-0.39, 0.29) is 17.8 Å². The summed E-state index contributed by atoms with van der Waals surface area (Å²) in [7, 11) is 0. The highest BCUT2D eigenvalue weighted by atomic mass is 32.1. The van der Waals surface area contributed by atoms with Crippen molar-refractivity contribution in [1.29, 1.82) is 0 Å². The van der Waals surface area contributed by atoms with Crippen LogP contribution in [0.25, 0.3) is 0 Å². The van der Waals surface area contributed by atoms with Crippen LogP contribution in [0.4, 0.5) is 0 Å². The summed E-state index contributed by atoms with van der Waals surface area (Å²) in [6, 6.07) is 10.4. The maximum atomic E-state index is 12.3. The number of carbonyl (C=O) groups excluding carboxylic acids is 1. The lowest BCUT2D eigenvalue weighted by Crippen LogP contribution is -2.29. The summed E-state index contributed by atoms with van der Waals surface area (Å²) in [5.74, 6) is -0.0538. The number of benzene rings is 1. The lowest BCUT2D eigenvalue weighted by molar-refractivity contribution is -0.148. The van der Waals surface area contributed by atoms with Gasteiger partial charge in [-0.2, -0.15) is 0 Å². The smallest absolute Gasteiger partial charge is 0.310 e. The van der Waals surface area contributed by atoms with Gasteiger partial charge in [-0.3, -0.25) is 9.69 Å². The number of rotatable bonds is 7. The molecule has 1 saturated heterocycles. The highest BCUT2D eigenvalue weighted by Gasteiger charge is 2.40. The largest absolute Gasteiger partial charge is 0.466 e. The molecule has 120 valence electrons. The van der Waals surface area contributed by atoms with E-state index in [1.54, 1.807) is 0 Å². The third-order valence-electron chi connectivity index (χ3n) is 4.14. The van der Waals surface area contributed by atoms with E-state index in [0.717, 1.165) is 37.3 Å². The molecular formula is C18H25NO2S. The number of carbonyl (C=O) groups is 1. The molecule has 2 unspecified atom stereocenters. The summed E-state index contributed by atoms with van der Waals surface area (Å²) in [5, 5.41) is 0. The zero-order valence-corrected chi connectivity index (χ0v) is 14.3. The Morgan fingerprint density at radius 2 is 1.91 bits per heavy atom. The standard InChI is InChI=1S/C18H25NO2S/c1-3-8-17(22)15-12-19(11-14-9-6-5-7-10-14)13-16(15)18(20)21-4-2/h5-7,9-10,15-16H,3-4,8,11-13H2,1-2H3. The van der Waals surface area contributed by atoms with Crippen LogP contribution in [-0.4, -0.2) is 35.4 Å². The second-order valence-electron chi connectivity index (χ2n) is 5.86. The Hall–Kier alpha value is -1.26. The topological polar surface area (TPSA) is 29.5 Å². The van der Waals surface area contributed by atoms with Crippen LogP contribution < -0.4 is 0 Å². The predicted octanol–water partition coefficient (Wildman–Crippen LogP) is 3.47. The number of ether oxygens (including phenoxy) is 1. The van der Waals surface area contributed by atoms with Gasteiger partial charge in [-0.15, -0.1) is 0 Å². The number of hydrogen-bond acceptors (Lipinski definition) is 4. The van der Waals surface area contributed by atoms with Crippen molar-refractivity contribution < 1.29 is 9.53 Å². The normalized spacial score (nSPS) is 21.7. The van der Waals surface area contributed by atoms with Crippen LogP contribution in [0.5, 0.6) is 0 Å². The Labute approximate surface area is 138 Å². The molecule has 0 aromatic heterocycles. The summed E-state index contributed by atoms with van der Waals surface area (Å²) in [6.45, 7) is 6.87. The van der Waals surface area contributed by atoms with E-state index < -0.39 is 0 Å². The average Bonchev–Trinajstić information content (AvgIpc) is 2.93. The van der Waals surface area contributed by atoms with E-state index in [4.69, 9.17) is 17.0 Å². The molecule has 1 aliphatic heterocycles. The van der Waals surface area contributed by atoms with Gasteiger partial charge in [-0.05, 0) is 23.8 Å². The third-order valence-corrected chi connectivity index (χ3v) is 4.65. The molecular weight excluding hydrogens is 294 g/mol. The highest BCUT2D eigenvalue weighted by Crippen LogP contribution is 2.29. The zero-order chi connectivity index (χ0) is 15.9. The minimum absolute atomic E-state index is 0.0958. The third kappa shape index (κ3) is 4.37. The summed E-state index contributed by atoms with van der Waals surface area (Å²) < 4.78 is 5.26. The van der Waals surface area contributed by atoms with E-state index >= 15 is 0 Å². The minimum Gasteiger partial charge on any atom is -0.466 e. The molecule has 1 fully saturated rings. The Kier molecular flexibility index (Phi) is 6.52. The van der Waals surface area contributed by atoms with Gasteiger partial charge in [0.1, 0.15) is 0 Å². The molecule has 3 nitrogen and oxygen atoms in total. The van der Waals surface area contributed by atoms with E-state index in [1.165, 1.54) is 5.56 Å². The molecule has 4 heteroatoms. The van der Waals surface area contributed by atoms with Crippen molar-refractivity contribution >= 4 is 23.1 Å². The first-order valence-electron chi connectivity index (χ1n) is 8.11. The monoisotopic (exact) mass is 319 g/mol. The SMILES string of the molecule is CCCC(=S)C1CN(Cc2ccccc2)CC1C(=O)OCC. The zero-order valence-electron chi connectivity index (χ0n) is 13.5. The van der Waals surface area contributed by atoms with E-state index in [1.807, 2.05) is 25.1 Å². The fourth-order valence-corrected chi connectivity index (χ4v) is 3.55. The van der Waals surface area contributed by atoms with Crippen LogP contribution >= 0.6 is 12.2 Å². The number of thiocarbonyl (C=S) groups is 1. The lowest BCUT2D eigenvalue weighted by Gasteiger charge is -2.17. The predicted molar refractivity (Wildman–Crippen MR) is 92.8 cm³/mol. The molecule has 0 bridgehead atoms. The Morgan fingerprint density at radius 3 is 2.55 bits per heavy atom. The number of esters is 1. The van der Waals surface area contributed by atoms with Gasteiger partial charge in [0, 0.05) is 25.6 Å². The van der Waals surface area contributed by atoms with Crippen LogP contribution in [0.15, 0.2) is 30.3 Å². The van der Waals surface area contributed by atoms with Crippen molar-refractivity contribution in [2.75, 3.05) is 19.7 Å². The molecule has 1 heterocycles. The van der Waals surface area contributed by atoms with Crippen molar-refractivity contribution in [3.63, 3.8) is 0 Å². The maximum Gasteiger partial charge on any atom is 0.310 e. The molecule has 0 radical (unpaired) electrons. The molecule has 2 rings (SSSR count). The number of likely N-dealkylation sites (tertiary alicyclic amines) is 1. The Balaban J connectivity index is 2.06. The quantitative estimate of drug-likeness (QED) is 0.568. The van der Waals surface area contributed by atoms with Gasteiger partial charge in [0.25, 0.3) is 0 Å². The van der Waals surface area contributed by atoms with Gasteiger partial charge < -0.3 is 4.74 Å². The number of nitrogens with zero attached hydrogens (tertiary/aromatic N) is 1. The molecule has 0 spiro atoms. The van der Waals surface area contributed by atoms with Gasteiger partial charge in [0.15, 0.2) is 0 Å². The molecule has 0 amide bonds. The molecule has 1 aliphatic rings.